The van der Waals surface area contributed by atoms with Crippen LogP contribution in [0, 0.1) is 11.8 Å². The Kier molecular flexibility index (Phi) is 5.40. The lowest BCUT2D eigenvalue weighted by Gasteiger charge is -2.37. The summed E-state index contributed by atoms with van der Waals surface area (Å²) in [6, 6.07) is 0.239. The highest BCUT2D eigenvalue weighted by molar-refractivity contribution is 5.80. The van der Waals surface area contributed by atoms with Crippen molar-refractivity contribution in [3.63, 3.8) is 0 Å². The number of likely N-dealkylation sites (tertiary alicyclic amines) is 1. The molecule has 5 nitrogen and oxygen atoms in total. The van der Waals surface area contributed by atoms with E-state index in [1.807, 2.05) is 4.90 Å². The first-order valence-corrected chi connectivity index (χ1v) is 7.87. The van der Waals surface area contributed by atoms with Crippen LogP contribution in [0.25, 0.3) is 0 Å². The molecule has 0 bridgehead atoms. The van der Waals surface area contributed by atoms with Crippen LogP contribution in [0.5, 0.6) is 0 Å². The number of amides is 2. The van der Waals surface area contributed by atoms with Crippen LogP contribution in [0.3, 0.4) is 0 Å². The highest BCUT2D eigenvalue weighted by atomic mass is 16.2. The molecule has 20 heavy (non-hydrogen) atoms. The van der Waals surface area contributed by atoms with E-state index in [9.17, 15) is 9.59 Å². The molecule has 2 rings (SSSR count). The smallest absolute Gasteiger partial charge is 0.222 e. The van der Waals surface area contributed by atoms with Crippen LogP contribution in [-0.2, 0) is 9.59 Å². The van der Waals surface area contributed by atoms with Gasteiger partial charge in [-0.1, -0.05) is 0 Å². The molecule has 0 aromatic rings. The minimum Gasteiger partial charge on any atom is -0.369 e. The molecule has 3 atom stereocenters. The minimum absolute atomic E-state index is 0.161. The summed E-state index contributed by atoms with van der Waals surface area (Å²) in [7, 11) is 0. The quantitative estimate of drug-likeness (QED) is 0.803. The van der Waals surface area contributed by atoms with Crippen LogP contribution in [-0.4, -0.2) is 42.4 Å². The van der Waals surface area contributed by atoms with Crippen LogP contribution in [0.4, 0.5) is 0 Å². The molecule has 0 spiro atoms. The number of hydrogen-bond acceptors (Lipinski definition) is 3. The van der Waals surface area contributed by atoms with Crippen molar-refractivity contribution in [2.24, 2.45) is 17.6 Å². The molecule has 2 heterocycles. The van der Waals surface area contributed by atoms with Gasteiger partial charge in [-0.25, -0.2) is 0 Å². The van der Waals surface area contributed by atoms with E-state index < -0.39 is 0 Å². The Morgan fingerprint density at radius 1 is 1.30 bits per heavy atom. The van der Waals surface area contributed by atoms with Gasteiger partial charge in [0, 0.05) is 19.0 Å². The van der Waals surface area contributed by atoms with Crippen LogP contribution in [0.2, 0.25) is 0 Å². The van der Waals surface area contributed by atoms with Gasteiger partial charge in [-0.2, -0.15) is 0 Å². The van der Waals surface area contributed by atoms with Crippen LogP contribution in [0.15, 0.2) is 0 Å². The second kappa shape index (κ2) is 7.07. The molecule has 0 aliphatic carbocycles. The first-order chi connectivity index (χ1) is 9.58. The summed E-state index contributed by atoms with van der Waals surface area (Å²) < 4.78 is 0. The average Bonchev–Trinajstić information content (AvgIpc) is 2.46. The highest BCUT2D eigenvalue weighted by Crippen LogP contribution is 2.24. The summed E-state index contributed by atoms with van der Waals surface area (Å²) >= 11 is 0. The summed E-state index contributed by atoms with van der Waals surface area (Å²) in [5, 5.41) is 3.38. The Balaban J connectivity index is 1.81. The first kappa shape index (κ1) is 15.3. The van der Waals surface area contributed by atoms with Crippen molar-refractivity contribution in [1.29, 1.82) is 0 Å². The van der Waals surface area contributed by atoms with E-state index in [2.05, 4.69) is 12.2 Å². The van der Waals surface area contributed by atoms with Crippen molar-refractivity contribution >= 4 is 11.8 Å². The Morgan fingerprint density at radius 3 is 2.75 bits per heavy atom. The Hall–Kier alpha value is -1.10. The first-order valence-electron chi connectivity index (χ1n) is 7.87. The van der Waals surface area contributed by atoms with Crippen molar-refractivity contribution in [2.75, 3.05) is 19.6 Å². The van der Waals surface area contributed by atoms with Gasteiger partial charge in [0.2, 0.25) is 11.8 Å². The molecule has 5 heteroatoms. The Morgan fingerprint density at radius 2 is 2.10 bits per heavy atom. The second-order valence-corrected chi connectivity index (χ2v) is 6.32. The Bertz CT molecular complexity index is 353. The predicted molar refractivity (Wildman–Crippen MR) is 77.9 cm³/mol. The van der Waals surface area contributed by atoms with Crippen LogP contribution < -0.4 is 11.1 Å². The van der Waals surface area contributed by atoms with Crippen molar-refractivity contribution in [1.82, 2.24) is 10.2 Å². The number of carbonyl (C=O) groups is 2. The zero-order valence-corrected chi connectivity index (χ0v) is 12.4. The lowest BCUT2D eigenvalue weighted by atomic mass is 9.91. The van der Waals surface area contributed by atoms with Crippen molar-refractivity contribution in [3.05, 3.63) is 0 Å². The van der Waals surface area contributed by atoms with Gasteiger partial charge in [-0.3, -0.25) is 9.59 Å². The molecule has 2 amide bonds. The molecule has 0 aromatic carbocycles. The molecule has 2 aliphatic heterocycles. The lowest BCUT2D eigenvalue weighted by Crippen LogP contribution is -2.48. The molecule has 0 saturated carbocycles. The number of piperidine rings is 2. The van der Waals surface area contributed by atoms with Crippen molar-refractivity contribution < 1.29 is 9.59 Å². The normalized spacial score (nSPS) is 31.1. The van der Waals surface area contributed by atoms with Gasteiger partial charge in [0.15, 0.2) is 0 Å². The summed E-state index contributed by atoms with van der Waals surface area (Å²) in [5.41, 5.74) is 5.38. The molecular formula is C15H27N3O2. The topological polar surface area (TPSA) is 75.4 Å². The number of nitrogens with one attached hydrogen (secondary N) is 1. The molecular weight excluding hydrogens is 254 g/mol. The van der Waals surface area contributed by atoms with E-state index in [4.69, 9.17) is 5.73 Å². The standard InChI is InChI=1S/C15H27N3O2/c1-11-4-6-13(15(16)20)10-18(11)14(19)7-5-12-3-2-8-17-9-12/h11-13,17H,2-10H2,1H3,(H2,16,20). The fourth-order valence-corrected chi connectivity index (χ4v) is 3.33. The lowest BCUT2D eigenvalue weighted by molar-refractivity contribution is -0.137. The minimum atomic E-state index is -0.272. The average molecular weight is 281 g/mol. The third kappa shape index (κ3) is 3.95. The number of primary amides is 1. The van der Waals surface area contributed by atoms with Gasteiger partial charge in [0.25, 0.3) is 0 Å². The Labute approximate surface area is 121 Å². The number of nitrogens with two attached hydrogens (primary N) is 1. The monoisotopic (exact) mass is 281 g/mol. The van der Waals surface area contributed by atoms with E-state index in [1.165, 1.54) is 12.8 Å². The SMILES string of the molecule is CC1CCC(C(N)=O)CN1C(=O)CCC1CCCNC1. The van der Waals surface area contributed by atoms with Crippen LogP contribution >= 0.6 is 0 Å². The van der Waals surface area contributed by atoms with Gasteiger partial charge in [0.05, 0.1) is 5.92 Å². The van der Waals surface area contributed by atoms with Gasteiger partial charge < -0.3 is 16.0 Å². The van der Waals surface area contributed by atoms with Gasteiger partial charge in [0.1, 0.15) is 0 Å². The van der Waals surface area contributed by atoms with E-state index in [-0.39, 0.29) is 23.8 Å². The summed E-state index contributed by atoms with van der Waals surface area (Å²) in [4.78, 5) is 25.6. The van der Waals surface area contributed by atoms with Crippen molar-refractivity contribution in [2.45, 2.75) is 51.5 Å². The zero-order valence-electron chi connectivity index (χ0n) is 12.4. The summed E-state index contributed by atoms with van der Waals surface area (Å²) in [6.07, 6.45) is 5.68. The van der Waals surface area contributed by atoms with Crippen LogP contribution in [0.1, 0.15) is 45.4 Å². The molecule has 0 aromatic heterocycles. The molecule has 114 valence electrons. The van der Waals surface area contributed by atoms with E-state index >= 15 is 0 Å². The maximum absolute atomic E-state index is 12.4. The maximum atomic E-state index is 12.4. The number of nitrogens with zero attached hydrogens (tertiary/aromatic N) is 1. The summed E-state index contributed by atoms with van der Waals surface area (Å²) in [6.45, 7) is 4.72. The van der Waals surface area contributed by atoms with E-state index in [0.717, 1.165) is 32.4 Å². The third-order valence-electron chi connectivity index (χ3n) is 4.77. The molecule has 2 fully saturated rings. The molecule has 3 N–H and O–H groups in total. The van der Waals surface area contributed by atoms with Gasteiger partial charge in [-0.05, 0) is 58.0 Å². The molecule has 2 aliphatic rings. The number of hydrogen-bond donors (Lipinski definition) is 2. The largest absolute Gasteiger partial charge is 0.369 e. The van der Waals surface area contributed by atoms with E-state index in [1.54, 1.807) is 0 Å². The number of rotatable bonds is 4. The number of carbonyl (C=O) groups excluding carboxylic acids is 2. The molecule has 0 radical (unpaired) electrons. The van der Waals surface area contributed by atoms with Crippen molar-refractivity contribution in [3.8, 4) is 0 Å². The van der Waals surface area contributed by atoms with Gasteiger partial charge >= 0.3 is 0 Å². The molecule has 3 unspecified atom stereocenters. The maximum Gasteiger partial charge on any atom is 0.222 e. The highest BCUT2D eigenvalue weighted by Gasteiger charge is 2.31. The summed E-state index contributed by atoms with van der Waals surface area (Å²) in [5.74, 6) is 0.381. The fourth-order valence-electron chi connectivity index (χ4n) is 3.33. The third-order valence-corrected chi connectivity index (χ3v) is 4.77. The predicted octanol–water partition coefficient (Wildman–Crippen LogP) is 0.879. The van der Waals surface area contributed by atoms with Gasteiger partial charge in [-0.15, -0.1) is 0 Å². The molecule has 2 saturated heterocycles. The second-order valence-electron chi connectivity index (χ2n) is 6.32. The zero-order chi connectivity index (χ0) is 14.5. The fraction of sp³-hybridized carbons (Fsp3) is 0.867. The van der Waals surface area contributed by atoms with E-state index in [0.29, 0.717) is 18.9 Å².